The minimum Gasteiger partial charge on any atom is -0.323 e. The molecule has 0 bridgehead atoms. The molecule has 0 aliphatic rings. The first-order valence-electron chi connectivity index (χ1n) is 3.84. The van der Waals surface area contributed by atoms with Gasteiger partial charge in [-0.25, -0.2) is 0 Å². The molecule has 2 nitrogen and oxygen atoms in total. The highest BCUT2D eigenvalue weighted by atomic mass is 19.4. The largest absolute Gasteiger partial charge is 0.471 e. The summed E-state index contributed by atoms with van der Waals surface area (Å²) in [4.78, 5) is 11.3. The van der Waals surface area contributed by atoms with Crippen LogP contribution in [0, 0.1) is 12.3 Å². The van der Waals surface area contributed by atoms with Crippen LogP contribution in [-0.2, 0) is 4.79 Å². The van der Waals surface area contributed by atoms with E-state index in [0.29, 0.717) is 4.90 Å². The van der Waals surface area contributed by atoms with Crippen molar-refractivity contribution in [3.05, 3.63) is 12.7 Å². The molecule has 78 valence electrons. The molecule has 0 radical (unpaired) electrons. The summed E-state index contributed by atoms with van der Waals surface area (Å²) in [5.41, 5.74) is 0. The number of carbonyl (C=O) groups is 1. The summed E-state index contributed by atoms with van der Waals surface area (Å²) in [6, 6.07) is 0. The van der Waals surface area contributed by atoms with Gasteiger partial charge in [0.15, 0.2) is 0 Å². The smallest absolute Gasteiger partial charge is 0.323 e. The predicted octanol–water partition coefficient (Wildman–Crippen LogP) is 1.59. The van der Waals surface area contributed by atoms with Crippen LogP contribution < -0.4 is 0 Å². The average Bonchev–Trinajstić information content (AvgIpc) is 2.09. The van der Waals surface area contributed by atoms with Gasteiger partial charge in [-0.05, 0) is 6.42 Å². The van der Waals surface area contributed by atoms with E-state index in [0.717, 1.165) is 0 Å². The van der Waals surface area contributed by atoms with Gasteiger partial charge in [-0.1, -0.05) is 12.0 Å². The van der Waals surface area contributed by atoms with E-state index in [2.05, 4.69) is 6.58 Å². The molecule has 0 aromatic carbocycles. The van der Waals surface area contributed by atoms with Crippen LogP contribution in [0.5, 0.6) is 0 Å². The van der Waals surface area contributed by atoms with Crippen molar-refractivity contribution in [1.29, 1.82) is 0 Å². The molecule has 0 aromatic heterocycles. The average molecular weight is 205 g/mol. The Kier molecular flexibility index (Phi) is 4.78. The Balaban J connectivity index is 4.42. The topological polar surface area (TPSA) is 20.3 Å². The van der Waals surface area contributed by atoms with Gasteiger partial charge >= 0.3 is 12.1 Å². The monoisotopic (exact) mass is 205 g/mol. The number of hydrogen-bond donors (Lipinski definition) is 0. The van der Waals surface area contributed by atoms with Crippen LogP contribution in [0.4, 0.5) is 13.2 Å². The maximum atomic E-state index is 12.0. The molecule has 0 unspecified atom stereocenters. The van der Waals surface area contributed by atoms with Crippen LogP contribution >= 0.6 is 0 Å². The molecule has 14 heavy (non-hydrogen) atoms. The Morgan fingerprint density at radius 3 is 2.50 bits per heavy atom. The Morgan fingerprint density at radius 1 is 1.57 bits per heavy atom. The summed E-state index contributed by atoms with van der Waals surface area (Å²) in [6.07, 6.45) is 1.69. The standard InChI is InChI=1S/C9H10F3NO/c1-3-5-7-13(6-4-2)8(14)9(10,11)12/h2-3H,1,5-7H2. The van der Waals surface area contributed by atoms with Gasteiger partial charge in [-0.2, -0.15) is 13.2 Å². The molecule has 0 saturated carbocycles. The second-order valence-corrected chi connectivity index (χ2v) is 2.51. The van der Waals surface area contributed by atoms with Crippen LogP contribution in [0.2, 0.25) is 0 Å². The van der Waals surface area contributed by atoms with Crippen molar-refractivity contribution in [2.75, 3.05) is 13.1 Å². The number of nitrogens with zero attached hydrogens (tertiary/aromatic N) is 1. The SMILES string of the molecule is C#CCN(CCC=C)C(=O)C(F)(F)F. The van der Waals surface area contributed by atoms with E-state index in [1.165, 1.54) is 6.08 Å². The zero-order valence-corrected chi connectivity index (χ0v) is 7.47. The van der Waals surface area contributed by atoms with Gasteiger partial charge in [0.25, 0.3) is 0 Å². The minimum absolute atomic E-state index is 0.0634. The molecule has 0 aliphatic carbocycles. The quantitative estimate of drug-likeness (QED) is 0.504. The van der Waals surface area contributed by atoms with Crippen molar-refractivity contribution in [3.8, 4) is 12.3 Å². The summed E-state index contributed by atoms with van der Waals surface area (Å²) < 4.78 is 35.9. The molecule has 5 heteroatoms. The normalized spacial score (nSPS) is 10.4. The third kappa shape index (κ3) is 3.99. The van der Waals surface area contributed by atoms with Gasteiger partial charge in [0.05, 0.1) is 6.54 Å². The van der Waals surface area contributed by atoms with Gasteiger partial charge in [-0.3, -0.25) is 4.79 Å². The van der Waals surface area contributed by atoms with E-state index in [1.54, 1.807) is 0 Å². The van der Waals surface area contributed by atoms with E-state index in [4.69, 9.17) is 6.42 Å². The highest BCUT2D eigenvalue weighted by Gasteiger charge is 2.41. The number of rotatable bonds is 4. The molecule has 0 N–H and O–H groups in total. The lowest BCUT2D eigenvalue weighted by Gasteiger charge is -2.20. The highest BCUT2D eigenvalue weighted by molar-refractivity contribution is 5.82. The van der Waals surface area contributed by atoms with Crippen LogP contribution in [0.3, 0.4) is 0 Å². The van der Waals surface area contributed by atoms with Gasteiger partial charge in [0.1, 0.15) is 0 Å². The van der Waals surface area contributed by atoms with Crippen LogP contribution in [-0.4, -0.2) is 30.1 Å². The molecule has 0 spiro atoms. The maximum absolute atomic E-state index is 12.0. The predicted molar refractivity (Wildman–Crippen MR) is 46.3 cm³/mol. The first-order valence-corrected chi connectivity index (χ1v) is 3.84. The van der Waals surface area contributed by atoms with Crippen LogP contribution in [0.15, 0.2) is 12.7 Å². The Hall–Kier alpha value is -1.44. The molecule has 0 atom stereocenters. The summed E-state index contributed by atoms with van der Waals surface area (Å²) in [5, 5.41) is 0. The zero-order chi connectivity index (χ0) is 11.2. The lowest BCUT2D eigenvalue weighted by molar-refractivity contribution is -0.184. The first-order chi connectivity index (χ1) is 6.43. The maximum Gasteiger partial charge on any atom is 0.471 e. The molecule has 1 amide bonds. The van der Waals surface area contributed by atoms with Gasteiger partial charge in [0, 0.05) is 6.54 Å². The molecule has 0 aliphatic heterocycles. The molecular formula is C9H10F3NO. The van der Waals surface area contributed by atoms with Gasteiger partial charge in [-0.15, -0.1) is 13.0 Å². The number of terminal acetylenes is 1. The number of halogens is 3. The summed E-state index contributed by atoms with van der Waals surface area (Å²) in [7, 11) is 0. The minimum atomic E-state index is -4.86. The Morgan fingerprint density at radius 2 is 2.14 bits per heavy atom. The lowest BCUT2D eigenvalue weighted by atomic mass is 10.3. The third-order valence-corrected chi connectivity index (χ3v) is 1.42. The molecule has 0 rings (SSSR count). The number of alkyl halides is 3. The second kappa shape index (κ2) is 5.32. The van der Waals surface area contributed by atoms with E-state index < -0.39 is 12.1 Å². The number of amides is 1. The highest BCUT2D eigenvalue weighted by Crippen LogP contribution is 2.18. The van der Waals surface area contributed by atoms with Crippen molar-refractivity contribution in [2.45, 2.75) is 12.6 Å². The van der Waals surface area contributed by atoms with Crippen molar-refractivity contribution in [2.24, 2.45) is 0 Å². The van der Waals surface area contributed by atoms with Crippen LogP contribution in [0.1, 0.15) is 6.42 Å². The van der Waals surface area contributed by atoms with E-state index in [9.17, 15) is 18.0 Å². The number of carbonyl (C=O) groups excluding carboxylic acids is 1. The van der Waals surface area contributed by atoms with Gasteiger partial charge < -0.3 is 4.90 Å². The molecule has 0 heterocycles. The fraction of sp³-hybridized carbons (Fsp3) is 0.444. The zero-order valence-electron chi connectivity index (χ0n) is 7.47. The summed E-state index contributed by atoms with van der Waals surface area (Å²) in [6.45, 7) is 2.94. The second-order valence-electron chi connectivity index (χ2n) is 2.51. The van der Waals surface area contributed by atoms with E-state index >= 15 is 0 Å². The molecular weight excluding hydrogens is 195 g/mol. The Labute approximate surface area is 80.4 Å². The fourth-order valence-electron chi connectivity index (χ4n) is 0.789. The first kappa shape index (κ1) is 12.6. The lowest BCUT2D eigenvalue weighted by Crippen LogP contribution is -2.41. The summed E-state index contributed by atoms with van der Waals surface area (Å²) >= 11 is 0. The summed E-state index contributed by atoms with van der Waals surface area (Å²) in [5.74, 6) is 0.0952. The van der Waals surface area contributed by atoms with Crippen LogP contribution in [0.25, 0.3) is 0 Å². The number of hydrogen-bond acceptors (Lipinski definition) is 1. The third-order valence-electron chi connectivity index (χ3n) is 1.42. The van der Waals surface area contributed by atoms with Crippen molar-refractivity contribution in [1.82, 2.24) is 4.90 Å². The molecule has 0 aromatic rings. The molecule has 0 saturated heterocycles. The van der Waals surface area contributed by atoms with Crippen molar-refractivity contribution < 1.29 is 18.0 Å². The van der Waals surface area contributed by atoms with E-state index in [-0.39, 0.29) is 19.5 Å². The van der Waals surface area contributed by atoms with Crippen molar-refractivity contribution >= 4 is 5.91 Å². The molecule has 0 fully saturated rings. The van der Waals surface area contributed by atoms with Crippen molar-refractivity contribution in [3.63, 3.8) is 0 Å². The van der Waals surface area contributed by atoms with E-state index in [1.807, 2.05) is 5.92 Å². The fourth-order valence-corrected chi connectivity index (χ4v) is 0.789. The van der Waals surface area contributed by atoms with Gasteiger partial charge in [0.2, 0.25) is 0 Å². The Bertz CT molecular complexity index is 252.